The van der Waals surface area contributed by atoms with Gasteiger partial charge in [0, 0.05) is 17.5 Å². The van der Waals surface area contributed by atoms with E-state index in [-0.39, 0.29) is 10.6 Å². The van der Waals surface area contributed by atoms with Gasteiger partial charge < -0.3 is 5.73 Å². The lowest BCUT2D eigenvalue weighted by Gasteiger charge is -2.21. The van der Waals surface area contributed by atoms with Gasteiger partial charge in [0.1, 0.15) is 5.82 Å². The van der Waals surface area contributed by atoms with Crippen molar-refractivity contribution in [3.63, 3.8) is 0 Å². The largest absolute Gasteiger partial charge is 0.399 e. The van der Waals surface area contributed by atoms with Crippen LogP contribution in [0.1, 0.15) is 19.3 Å². The van der Waals surface area contributed by atoms with E-state index in [1.807, 2.05) is 0 Å². The van der Waals surface area contributed by atoms with Crippen molar-refractivity contribution in [1.29, 1.82) is 0 Å². The maximum Gasteiger partial charge on any atom is 0.240 e. The SMILES string of the molecule is Nc1cc(F)cc(S(=O)(=O)NCC2CCCCS2)c1. The van der Waals surface area contributed by atoms with Crippen LogP contribution in [-0.2, 0) is 10.0 Å². The highest BCUT2D eigenvalue weighted by Gasteiger charge is 2.20. The van der Waals surface area contributed by atoms with Crippen molar-refractivity contribution >= 4 is 27.5 Å². The van der Waals surface area contributed by atoms with Crippen LogP contribution in [0.3, 0.4) is 0 Å². The fraction of sp³-hybridized carbons (Fsp3) is 0.500. The lowest BCUT2D eigenvalue weighted by Crippen LogP contribution is -2.32. The molecule has 0 saturated carbocycles. The molecule has 0 spiro atoms. The third kappa shape index (κ3) is 4.09. The number of anilines is 1. The Bertz CT molecular complexity index is 522. The second-order valence-corrected chi connectivity index (χ2v) is 7.74. The third-order valence-electron chi connectivity index (χ3n) is 2.98. The van der Waals surface area contributed by atoms with E-state index in [2.05, 4.69) is 4.72 Å². The Morgan fingerprint density at radius 1 is 1.37 bits per heavy atom. The number of nitrogens with two attached hydrogens (primary N) is 1. The minimum Gasteiger partial charge on any atom is -0.399 e. The highest BCUT2D eigenvalue weighted by Crippen LogP contribution is 2.25. The van der Waals surface area contributed by atoms with Crippen molar-refractivity contribution in [2.75, 3.05) is 18.0 Å². The van der Waals surface area contributed by atoms with Gasteiger partial charge in [0.15, 0.2) is 0 Å². The third-order valence-corrected chi connectivity index (χ3v) is 5.78. The van der Waals surface area contributed by atoms with E-state index >= 15 is 0 Å². The Balaban J connectivity index is 2.04. The number of nitrogens with one attached hydrogen (secondary N) is 1. The molecule has 1 aromatic rings. The van der Waals surface area contributed by atoms with Crippen molar-refractivity contribution in [3.05, 3.63) is 24.0 Å². The second-order valence-electron chi connectivity index (χ2n) is 4.56. The molecule has 0 aromatic heterocycles. The molecule has 0 amide bonds. The van der Waals surface area contributed by atoms with Gasteiger partial charge in [-0.25, -0.2) is 17.5 Å². The van der Waals surface area contributed by atoms with E-state index in [4.69, 9.17) is 5.73 Å². The van der Waals surface area contributed by atoms with Crippen molar-refractivity contribution < 1.29 is 12.8 Å². The fourth-order valence-electron chi connectivity index (χ4n) is 1.99. The number of halogens is 1. The van der Waals surface area contributed by atoms with Gasteiger partial charge in [-0.05, 0) is 36.8 Å². The van der Waals surface area contributed by atoms with E-state index in [0.29, 0.717) is 11.8 Å². The summed E-state index contributed by atoms with van der Waals surface area (Å²) < 4.78 is 39.8. The van der Waals surface area contributed by atoms with Gasteiger partial charge in [-0.15, -0.1) is 0 Å². The molecule has 7 heteroatoms. The normalized spacial score (nSPS) is 20.4. The average Bonchev–Trinajstić information content (AvgIpc) is 2.37. The van der Waals surface area contributed by atoms with Crippen LogP contribution in [0, 0.1) is 5.82 Å². The van der Waals surface area contributed by atoms with Gasteiger partial charge in [0.25, 0.3) is 0 Å². The Hall–Kier alpha value is -0.790. The first kappa shape index (κ1) is 14.6. The molecule has 19 heavy (non-hydrogen) atoms. The topological polar surface area (TPSA) is 72.2 Å². The fourth-order valence-corrected chi connectivity index (χ4v) is 4.48. The van der Waals surface area contributed by atoms with Gasteiger partial charge in [0.2, 0.25) is 10.0 Å². The summed E-state index contributed by atoms with van der Waals surface area (Å²) in [5, 5.41) is 0.300. The average molecular weight is 304 g/mol. The number of hydrogen-bond donors (Lipinski definition) is 2. The number of sulfonamides is 1. The lowest BCUT2D eigenvalue weighted by molar-refractivity contribution is 0.571. The molecule has 1 atom stereocenters. The molecule has 1 saturated heterocycles. The maximum atomic E-state index is 13.2. The summed E-state index contributed by atoms with van der Waals surface area (Å²) in [6.07, 6.45) is 3.33. The van der Waals surface area contributed by atoms with Crippen molar-refractivity contribution in [2.45, 2.75) is 29.4 Å². The molecule has 3 N–H and O–H groups in total. The summed E-state index contributed by atoms with van der Waals surface area (Å²) in [6.45, 7) is 0.378. The Kier molecular flexibility index (Phi) is 4.70. The second kappa shape index (κ2) is 6.11. The summed E-state index contributed by atoms with van der Waals surface area (Å²) in [7, 11) is -3.69. The number of hydrogen-bond acceptors (Lipinski definition) is 4. The first-order valence-corrected chi connectivity index (χ1v) is 8.68. The molecule has 2 rings (SSSR count). The number of thioether (sulfide) groups is 1. The van der Waals surface area contributed by atoms with Crippen LogP contribution in [0.5, 0.6) is 0 Å². The molecule has 106 valence electrons. The monoisotopic (exact) mass is 304 g/mol. The summed E-state index contributed by atoms with van der Waals surface area (Å²) in [5.41, 5.74) is 5.56. The van der Waals surface area contributed by atoms with Gasteiger partial charge in [-0.3, -0.25) is 0 Å². The minimum absolute atomic E-state index is 0.104. The van der Waals surface area contributed by atoms with E-state index < -0.39 is 15.8 Å². The van der Waals surface area contributed by atoms with E-state index in [0.717, 1.165) is 30.7 Å². The molecule has 1 aliphatic rings. The predicted octanol–water partition coefficient (Wildman–Crippen LogP) is 1.97. The van der Waals surface area contributed by atoms with E-state index in [1.54, 1.807) is 11.8 Å². The molecule has 1 unspecified atom stereocenters. The van der Waals surface area contributed by atoms with Crippen LogP contribution in [0.15, 0.2) is 23.1 Å². The molecular formula is C12H17FN2O2S2. The molecule has 1 fully saturated rings. The van der Waals surface area contributed by atoms with E-state index in [9.17, 15) is 12.8 Å². The first-order valence-electron chi connectivity index (χ1n) is 6.15. The van der Waals surface area contributed by atoms with Crippen LogP contribution in [-0.4, -0.2) is 26.0 Å². The van der Waals surface area contributed by atoms with Gasteiger partial charge >= 0.3 is 0 Å². The molecule has 1 aliphatic heterocycles. The Labute approximate surface area is 117 Å². The van der Waals surface area contributed by atoms with Crippen LogP contribution in [0.4, 0.5) is 10.1 Å². The lowest BCUT2D eigenvalue weighted by atomic mass is 10.2. The van der Waals surface area contributed by atoms with Crippen LogP contribution < -0.4 is 10.5 Å². The van der Waals surface area contributed by atoms with Crippen LogP contribution >= 0.6 is 11.8 Å². The number of nitrogen functional groups attached to an aromatic ring is 1. The van der Waals surface area contributed by atoms with Crippen LogP contribution in [0.25, 0.3) is 0 Å². The minimum atomic E-state index is -3.69. The Morgan fingerprint density at radius 2 is 2.16 bits per heavy atom. The van der Waals surface area contributed by atoms with Crippen molar-refractivity contribution in [1.82, 2.24) is 4.72 Å². The molecule has 0 radical (unpaired) electrons. The van der Waals surface area contributed by atoms with Crippen molar-refractivity contribution in [3.8, 4) is 0 Å². The standard InChI is InChI=1S/C12H17FN2O2S2/c13-9-5-10(14)7-12(6-9)19(16,17)15-8-11-3-1-2-4-18-11/h5-7,11,15H,1-4,8,14H2. The van der Waals surface area contributed by atoms with Gasteiger partial charge in [-0.2, -0.15) is 11.8 Å². The smallest absolute Gasteiger partial charge is 0.240 e. The predicted molar refractivity (Wildman–Crippen MR) is 76.1 cm³/mol. The molecular weight excluding hydrogens is 287 g/mol. The highest BCUT2D eigenvalue weighted by molar-refractivity contribution is 8.00. The summed E-state index contributed by atoms with van der Waals surface area (Å²) in [6, 6.07) is 3.34. The molecule has 4 nitrogen and oxygen atoms in total. The summed E-state index contributed by atoms with van der Waals surface area (Å²) in [4.78, 5) is -0.120. The molecule has 1 heterocycles. The first-order chi connectivity index (χ1) is 8.97. The summed E-state index contributed by atoms with van der Waals surface area (Å²) >= 11 is 1.78. The Morgan fingerprint density at radius 3 is 2.79 bits per heavy atom. The van der Waals surface area contributed by atoms with E-state index in [1.165, 1.54) is 12.5 Å². The zero-order valence-corrected chi connectivity index (χ0v) is 12.1. The van der Waals surface area contributed by atoms with Gasteiger partial charge in [0.05, 0.1) is 4.90 Å². The number of benzene rings is 1. The van der Waals surface area contributed by atoms with Gasteiger partial charge in [-0.1, -0.05) is 6.42 Å². The zero-order valence-electron chi connectivity index (χ0n) is 10.4. The van der Waals surface area contributed by atoms with Crippen molar-refractivity contribution in [2.24, 2.45) is 0 Å². The molecule has 0 aliphatic carbocycles. The highest BCUT2D eigenvalue weighted by atomic mass is 32.2. The maximum absolute atomic E-state index is 13.2. The molecule has 1 aromatic carbocycles. The quantitative estimate of drug-likeness (QED) is 0.834. The number of rotatable bonds is 4. The molecule has 0 bridgehead atoms. The zero-order chi connectivity index (χ0) is 13.9. The summed E-state index contributed by atoms with van der Waals surface area (Å²) in [5.74, 6) is 0.423. The van der Waals surface area contributed by atoms with Crippen LogP contribution in [0.2, 0.25) is 0 Å².